The minimum absolute atomic E-state index is 0.160. The van der Waals surface area contributed by atoms with Gasteiger partial charge in [0.05, 0.1) is 10.7 Å². The first-order valence-electron chi connectivity index (χ1n) is 7.04. The van der Waals surface area contributed by atoms with E-state index in [4.69, 9.17) is 16.1 Å². The van der Waals surface area contributed by atoms with E-state index in [1.165, 1.54) is 0 Å². The number of amides is 1. The van der Waals surface area contributed by atoms with Crippen LogP contribution in [0.1, 0.15) is 28.7 Å². The summed E-state index contributed by atoms with van der Waals surface area (Å²) in [6.45, 7) is 3.60. The minimum Gasteiger partial charge on any atom is -0.360 e. The number of benzene rings is 1. The average Bonchev–Trinajstić information content (AvgIpc) is 3.14. The lowest BCUT2D eigenvalue weighted by Gasteiger charge is -2.00. The zero-order chi connectivity index (χ0) is 16.4. The summed E-state index contributed by atoms with van der Waals surface area (Å²) < 4.78 is 5.12. The number of H-pyrrole nitrogens is 1. The van der Waals surface area contributed by atoms with Crippen molar-refractivity contribution in [1.82, 2.24) is 20.3 Å². The standard InChI is InChI=1S/C15H14ClN5O2/c1-3-11-12(8(2)21-23-11)14(22)18-15-17-13(19-20-15)9-6-4-5-7-10(9)16/h4-7H,3H2,1-2H3,(H2,17,18,19,20,22). The van der Waals surface area contributed by atoms with E-state index in [0.29, 0.717) is 39.8 Å². The fraction of sp³-hybridized carbons (Fsp3) is 0.200. The van der Waals surface area contributed by atoms with Gasteiger partial charge in [-0.2, -0.15) is 4.98 Å². The highest BCUT2D eigenvalue weighted by Crippen LogP contribution is 2.25. The molecule has 0 saturated heterocycles. The van der Waals surface area contributed by atoms with Gasteiger partial charge in [0, 0.05) is 12.0 Å². The number of carbonyl (C=O) groups excluding carboxylic acids is 1. The second-order valence-corrected chi connectivity index (χ2v) is 5.27. The highest BCUT2D eigenvalue weighted by molar-refractivity contribution is 6.33. The van der Waals surface area contributed by atoms with Crippen LogP contribution < -0.4 is 5.32 Å². The van der Waals surface area contributed by atoms with Crippen LogP contribution in [-0.2, 0) is 6.42 Å². The molecule has 3 aromatic rings. The Morgan fingerprint density at radius 3 is 2.91 bits per heavy atom. The van der Waals surface area contributed by atoms with E-state index in [-0.39, 0.29) is 11.9 Å². The fourth-order valence-corrected chi connectivity index (χ4v) is 2.43. The summed E-state index contributed by atoms with van der Waals surface area (Å²) in [6.07, 6.45) is 0.572. The molecule has 8 heteroatoms. The van der Waals surface area contributed by atoms with Crippen LogP contribution in [0.25, 0.3) is 11.4 Å². The molecule has 0 fully saturated rings. The zero-order valence-electron chi connectivity index (χ0n) is 12.6. The van der Waals surface area contributed by atoms with Gasteiger partial charge in [0.1, 0.15) is 11.3 Å². The first-order valence-corrected chi connectivity index (χ1v) is 7.41. The molecular formula is C15H14ClN5O2. The molecule has 0 aliphatic heterocycles. The highest BCUT2D eigenvalue weighted by Gasteiger charge is 2.20. The number of rotatable bonds is 4. The summed E-state index contributed by atoms with van der Waals surface area (Å²) in [4.78, 5) is 16.6. The predicted octanol–water partition coefficient (Wildman–Crippen LogP) is 3.24. The molecule has 1 amide bonds. The molecule has 0 bridgehead atoms. The van der Waals surface area contributed by atoms with Crippen molar-refractivity contribution in [1.29, 1.82) is 0 Å². The normalized spacial score (nSPS) is 10.7. The van der Waals surface area contributed by atoms with Crippen molar-refractivity contribution in [2.45, 2.75) is 20.3 Å². The first-order chi connectivity index (χ1) is 11.1. The molecular weight excluding hydrogens is 318 g/mol. The number of carbonyl (C=O) groups is 1. The van der Waals surface area contributed by atoms with Gasteiger partial charge < -0.3 is 4.52 Å². The topological polar surface area (TPSA) is 96.7 Å². The Labute approximate surface area is 137 Å². The minimum atomic E-state index is -0.356. The molecule has 0 aliphatic rings. The first kappa shape index (κ1) is 15.2. The number of nitrogens with zero attached hydrogens (tertiary/aromatic N) is 3. The van der Waals surface area contributed by atoms with Crippen molar-refractivity contribution in [3.8, 4) is 11.4 Å². The summed E-state index contributed by atoms with van der Waals surface area (Å²) in [5.74, 6) is 0.809. The molecule has 0 radical (unpaired) electrons. The second-order valence-electron chi connectivity index (χ2n) is 4.86. The molecule has 0 aliphatic carbocycles. The maximum absolute atomic E-state index is 12.4. The number of halogens is 1. The van der Waals surface area contributed by atoms with E-state index in [9.17, 15) is 4.79 Å². The van der Waals surface area contributed by atoms with Gasteiger partial charge in [0.25, 0.3) is 5.91 Å². The molecule has 23 heavy (non-hydrogen) atoms. The third-order valence-electron chi connectivity index (χ3n) is 3.32. The van der Waals surface area contributed by atoms with Crippen LogP contribution in [0.3, 0.4) is 0 Å². The smallest absolute Gasteiger partial charge is 0.263 e. The van der Waals surface area contributed by atoms with Crippen molar-refractivity contribution in [2.75, 3.05) is 5.32 Å². The quantitative estimate of drug-likeness (QED) is 0.765. The number of anilines is 1. The molecule has 2 aromatic heterocycles. The lowest BCUT2D eigenvalue weighted by Crippen LogP contribution is -2.15. The summed E-state index contributed by atoms with van der Waals surface area (Å²) in [6, 6.07) is 7.24. The van der Waals surface area contributed by atoms with Gasteiger partial charge in [0.2, 0.25) is 5.95 Å². The third-order valence-corrected chi connectivity index (χ3v) is 3.65. The van der Waals surface area contributed by atoms with E-state index in [2.05, 4.69) is 25.7 Å². The van der Waals surface area contributed by atoms with Gasteiger partial charge >= 0.3 is 0 Å². The van der Waals surface area contributed by atoms with Crippen LogP contribution in [0.2, 0.25) is 5.02 Å². The molecule has 3 rings (SSSR count). The van der Waals surface area contributed by atoms with Crippen LogP contribution >= 0.6 is 11.6 Å². The summed E-state index contributed by atoms with van der Waals surface area (Å²) in [5, 5.41) is 13.7. The Hall–Kier alpha value is -2.67. The molecule has 0 atom stereocenters. The summed E-state index contributed by atoms with van der Waals surface area (Å²) in [7, 11) is 0. The SMILES string of the molecule is CCc1onc(C)c1C(=O)Nc1n[nH]c(-c2ccccc2Cl)n1. The van der Waals surface area contributed by atoms with Gasteiger partial charge in [-0.3, -0.25) is 15.2 Å². The molecule has 118 valence electrons. The van der Waals surface area contributed by atoms with E-state index in [1.54, 1.807) is 13.0 Å². The molecule has 2 N–H and O–H groups in total. The van der Waals surface area contributed by atoms with Gasteiger partial charge in [-0.15, -0.1) is 5.10 Å². The highest BCUT2D eigenvalue weighted by atomic mass is 35.5. The maximum Gasteiger partial charge on any atom is 0.263 e. The van der Waals surface area contributed by atoms with Gasteiger partial charge in [-0.05, 0) is 19.1 Å². The van der Waals surface area contributed by atoms with Crippen LogP contribution in [0, 0.1) is 6.92 Å². The maximum atomic E-state index is 12.4. The van der Waals surface area contributed by atoms with E-state index in [0.717, 1.165) is 0 Å². The van der Waals surface area contributed by atoms with Crippen molar-refractivity contribution >= 4 is 23.5 Å². The van der Waals surface area contributed by atoms with Crippen molar-refractivity contribution in [3.63, 3.8) is 0 Å². The summed E-state index contributed by atoms with van der Waals surface area (Å²) in [5.41, 5.74) is 1.65. The fourth-order valence-electron chi connectivity index (χ4n) is 2.20. The van der Waals surface area contributed by atoms with Crippen molar-refractivity contribution < 1.29 is 9.32 Å². The number of hydrogen-bond acceptors (Lipinski definition) is 5. The molecule has 7 nitrogen and oxygen atoms in total. The lowest BCUT2D eigenvalue weighted by atomic mass is 10.1. The second kappa shape index (κ2) is 6.21. The third kappa shape index (κ3) is 2.95. The molecule has 2 heterocycles. The Balaban J connectivity index is 1.83. The molecule has 1 aromatic carbocycles. The van der Waals surface area contributed by atoms with Crippen LogP contribution in [0.5, 0.6) is 0 Å². The molecule has 0 unspecified atom stereocenters. The monoisotopic (exact) mass is 331 g/mol. The molecule has 0 spiro atoms. The van der Waals surface area contributed by atoms with Crippen molar-refractivity contribution in [3.05, 3.63) is 46.3 Å². The Kier molecular flexibility index (Phi) is 4.12. The van der Waals surface area contributed by atoms with Gasteiger partial charge in [0.15, 0.2) is 5.82 Å². The van der Waals surface area contributed by atoms with E-state index >= 15 is 0 Å². The largest absolute Gasteiger partial charge is 0.360 e. The van der Waals surface area contributed by atoms with Gasteiger partial charge in [-0.25, -0.2) is 0 Å². The number of hydrogen-bond donors (Lipinski definition) is 2. The Morgan fingerprint density at radius 2 is 2.17 bits per heavy atom. The van der Waals surface area contributed by atoms with Crippen LogP contribution in [-0.4, -0.2) is 26.2 Å². The Bertz CT molecular complexity index is 855. The average molecular weight is 332 g/mol. The number of nitrogens with one attached hydrogen (secondary N) is 2. The molecule has 0 saturated carbocycles. The van der Waals surface area contributed by atoms with E-state index < -0.39 is 0 Å². The lowest BCUT2D eigenvalue weighted by molar-refractivity contribution is 0.102. The van der Waals surface area contributed by atoms with E-state index in [1.807, 2.05) is 25.1 Å². The number of aryl methyl sites for hydroxylation is 2. The number of aromatic nitrogens is 4. The summed E-state index contributed by atoms with van der Waals surface area (Å²) >= 11 is 6.12. The Morgan fingerprint density at radius 1 is 1.39 bits per heavy atom. The number of aromatic amines is 1. The van der Waals surface area contributed by atoms with Crippen LogP contribution in [0.15, 0.2) is 28.8 Å². The van der Waals surface area contributed by atoms with Crippen LogP contribution in [0.4, 0.5) is 5.95 Å². The predicted molar refractivity (Wildman–Crippen MR) is 85.4 cm³/mol. The zero-order valence-corrected chi connectivity index (χ0v) is 13.3. The van der Waals surface area contributed by atoms with Crippen molar-refractivity contribution in [2.24, 2.45) is 0 Å². The van der Waals surface area contributed by atoms with Gasteiger partial charge in [-0.1, -0.05) is 35.8 Å².